The van der Waals surface area contributed by atoms with Gasteiger partial charge in [0.1, 0.15) is 5.82 Å². The van der Waals surface area contributed by atoms with Crippen molar-refractivity contribution in [2.75, 3.05) is 5.73 Å². The summed E-state index contributed by atoms with van der Waals surface area (Å²) in [6.07, 6.45) is 0. The van der Waals surface area contributed by atoms with Gasteiger partial charge in [-0.25, -0.2) is 0 Å². The van der Waals surface area contributed by atoms with Gasteiger partial charge in [-0.1, -0.05) is 12.1 Å². The van der Waals surface area contributed by atoms with Gasteiger partial charge in [0.25, 0.3) is 0 Å². The first-order chi connectivity index (χ1) is 8.56. The highest BCUT2D eigenvalue weighted by Crippen LogP contribution is 2.25. The Morgan fingerprint density at radius 1 is 1.06 bits per heavy atom. The summed E-state index contributed by atoms with van der Waals surface area (Å²) in [5.41, 5.74) is 9.89. The number of hydrogen-bond acceptors (Lipinski definition) is 3. The maximum absolute atomic E-state index is 5.81. The smallest absolute Gasteiger partial charge is 0.121 e. The number of rotatable bonds is 1. The molecular formula is C13H15N5. The molecule has 0 aliphatic heterocycles. The Hall–Kier alpha value is -2.30. The van der Waals surface area contributed by atoms with Gasteiger partial charge in [-0.2, -0.15) is 10.2 Å². The molecule has 0 atom stereocenters. The highest BCUT2D eigenvalue weighted by Gasteiger charge is 2.09. The summed E-state index contributed by atoms with van der Waals surface area (Å²) in [5, 5.41) is 9.97. The number of aromatic nitrogens is 4. The zero-order valence-corrected chi connectivity index (χ0v) is 10.7. The van der Waals surface area contributed by atoms with Crippen LogP contribution in [0.15, 0.2) is 24.3 Å². The number of anilines is 1. The third-order valence-corrected chi connectivity index (χ3v) is 3.25. The van der Waals surface area contributed by atoms with Crippen molar-refractivity contribution < 1.29 is 0 Å². The van der Waals surface area contributed by atoms with E-state index in [2.05, 4.69) is 28.4 Å². The fraction of sp³-hybridized carbons (Fsp3) is 0.231. The van der Waals surface area contributed by atoms with Gasteiger partial charge in [-0.15, -0.1) is 0 Å². The molecule has 2 heterocycles. The van der Waals surface area contributed by atoms with Crippen LogP contribution in [-0.4, -0.2) is 19.6 Å². The van der Waals surface area contributed by atoms with Gasteiger partial charge in [0, 0.05) is 31.1 Å². The molecule has 3 rings (SSSR count). The van der Waals surface area contributed by atoms with Crippen molar-refractivity contribution in [3.05, 3.63) is 30.0 Å². The Morgan fingerprint density at radius 3 is 2.50 bits per heavy atom. The van der Waals surface area contributed by atoms with E-state index in [-0.39, 0.29) is 0 Å². The van der Waals surface area contributed by atoms with Gasteiger partial charge in [-0.3, -0.25) is 9.36 Å². The third-order valence-electron chi connectivity index (χ3n) is 3.25. The molecule has 0 aliphatic carbocycles. The van der Waals surface area contributed by atoms with E-state index in [9.17, 15) is 0 Å². The predicted octanol–water partition coefficient (Wildman–Crippen LogP) is 1.86. The second-order valence-electron chi connectivity index (χ2n) is 4.52. The molecule has 0 amide bonds. The minimum absolute atomic E-state index is 0.659. The Balaban J connectivity index is 2.21. The molecule has 5 heteroatoms. The second kappa shape index (κ2) is 3.60. The van der Waals surface area contributed by atoms with E-state index in [4.69, 9.17) is 5.73 Å². The normalized spacial score (nSPS) is 11.3. The van der Waals surface area contributed by atoms with Crippen LogP contribution >= 0.6 is 0 Å². The van der Waals surface area contributed by atoms with E-state index >= 15 is 0 Å². The Morgan fingerprint density at radius 2 is 1.83 bits per heavy atom. The minimum atomic E-state index is 0.659. The van der Waals surface area contributed by atoms with Crippen molar-refractivity contribution in [1.82, 2.24) is 19.6 Å². The van der Waals surface area contributed by atoms with Gasteiger partial charge >= 0.3 is 0 Å². The standard InChI is InChI=1S/C13H15N5/c1-8-10-5-4-9(6-12(10)17(2)15-8)11-7-13(14)18(3)16-11/h4-7H,14H2,1-3H3. The number of nitrogens with two attached hydrogens (primary N) is 1. The maximum Gasteiger partial charge on any atom is 0.121 e. The van der Waals surface area contributed by atoms with Gasteiger partial charge in [-0.05, 0) is 13.0 Å². The Labute approximate surface area is 105 Å². The topological polar surface area (TPSA) is 61.7 Å². The van der Waals surface area contributed by atoms with Crippen LogP contribution in [0.4, 0.5) is 5.82 Å². The molecule has 2 aromatic heterocycles. The number of nitrogen functional groups attached to an aromatic ring is 1. The van der Waals surface area contributed by atoms with Crippen molar-refractivity contribution in [3.8, 4) is 11.3 Å². The van der Waals surface area contributed by atoms with Crippen LogP contribution < -0.4 is 5.73 Å². The highest BCUT2D eigenvalue weighted by molar-refractivity contribution is 5.86. The number of hydrogen-bond donors (Lipinski definition) is 1. The number of nitrogens with zero attached hydrogens (tertiary/aromatic N) is 4. The summed E-state index contributed by atoms with van der Waals surface area (Å²) < 4.78 is 3.56. The SMILES string of the molecule is Cc1nn(C)c2cc(-c3cc(N)n(C)n3)ccc12. The summed E-state index contributed by atoms with van der Waals surface area (Å²) >= 11 is 0. The number of aryl methyl sites for hydroxylation is 3. The van der Waals surface area contributed by atoms with E-state index in [0.717, 1.165) is 22.5 Å². The molecule has 3 aromatic rings. The molecule has 0 unspecified atom stereocenters. The largest absolute Gasteiger partial charge is 0.384 e. The van der Waals surface area contributed by atoms with Crippen LogP contribution in [0.1, 0.15) is 5.69 Å². The lowest BCUT2D eigenvalue weighted by molar-refractivity contribution is 0.780. The van der Waals surface area contributed by atoms with Crippen molar-refractivity contribution in [2.24, 2.45) is 14.1 Å². The molecule has 0 saturated carbocycles. The molecule has 0 radical (unpaired) electrons. The van der Waals surface area contributed by atoms with Gasteiger partial charge < -0.3 is 5.73 Å². The Kier molecular flexibility index (Phi) is 2.16. The molecule has 18 heavy (non-hydrogen) atoms. The molecule has 5 nitrogen and oxygen atoms in total. The van der Waals surface area contributed by atoms with Crippen LogP contribution in [0.25, 0.3) is 22.2 Å². The van der Waals surface area contributed by atoms with Gasteiger partial charge in [0.15, 0.2) is 0 Å². The van der Waals surface area contributed by atoms with Gasteiger partial charge in [0.05, 0.1) is 16.9 Å². The van der Waals surface area contributed by atoms with Crippen molar-refractivity contribution >= 4 is 16.7 Å². The lowest BCUT2D eigenvalue weighted by Crippen LogP contribution is -1.96. The summed E-state index contributed by atoms with van der Waals surface area (Å²) in [4.78, 5) is 0. The molecule has 0 bridgehead atoms. The first-order valence-corrected chi connectivity index (χ1v) is 5.79. The zero-order valence-electron chi connectivity index (χ0n) is 10.7. The van der Waals surface area contributed by atoms with E-state index in [1.54, 1.807) is 4.68 Å². The minimum Gasteiger partial charge on any atom is -0.384 e. The first kappa shape index (κ1) is 10.8. The average Bonchev–Trinajstić information content (AvgIpc) is 2.81. The lowest BCUT2D eigenvalue weighted by atomic mass is 10.1. The van der Waals surface area contributed by atoms with Crippen LogP contribution in [0.5, 0.6) is 0 Å². The van der Waals surface area contributed by atoms with E-state index < -0.39 is 0 Å². The van der Waals surface area contributed by atoms with E-state index in [0.29, 0.717) is 5.82 Å². The summed E-state index contributed by atoms with van der Waals surface area (Å²) in [6.45, 7) is 2.01. The number of fused-ring (bicyclic) bond motifs is 1. The summed E-state index contributed by atoms with van der Waals surface area (Å²) in [5.74, 6) is 0.659. The second-order valence-corrected chi connectivity index (χ2v) is 4.52. The third kappa shape index (κ3) is 1.48. The monoisotopic (exact) mass is 241 g/mol. The van der Waals surface area contributed by atoms with Crippen molar-refractivity contribution in [1.29, 1.82) is 0 Å². The molecule has 0 aliphatic rings. The quantitative estimate of drug-likeness (QED) is 0.707. The predicted molar refractivity (Wildman–Crippen MR) is 72.1 cm³/mol. The summed E-state index contributed by atoms with van der Waals surface area (Å²) in [6, 6.07) is 8.11. The van der Waals surface area contributed by atoms with Gasteiger partial charge in [0.2, 0.25) is 0 Å². The van der Waals surface area contributed by atoms with Crippen molar-refractivity contribution in [3.63, 3.8) is 0 Å². The van der Waals surface area contributed by atoms with Crippen LogP contribution in [0.2, 0.25) is 0 Å². The zero-order chi connectivity index (χ0) is 12.9. The van der Waals surface area contributed by atoms with Crippen LogP contribution in [0.3, 0.4) is 0 Å². The fourth-order valence-electron chi connectivity index (χ4n) is 2.22. The first-order valence-electron chi connectivity index (χ1n) is 5.79. The van der Waals surface area contributed by atoms with Crippen LogP contribution in [-0.2, 0) is 14.1 Å². The molecular weight excluding hydrogens is 226 g/mol. The van der Waals surface area contributed by atoms with E-state index in [1.165, 1.54) is 5.39 Å². The molecule has 1 aromatic carbocycles. The molecule has 0 spiro atoms. The Bertz CT molecular complexity index is 716. The van der Waals surface area contributed by atoms with Crippen molar-refractivity contribution in [2.45, 2.75) is 6.92 Å². The molecule has 0 saturated heterocycles. The fourth-order valence-corrected chi connectivity index (χ4v) is 2.22. The maximum atomic E-state index is 5.81. The average molecular weight is 241 g/mol. The number of benzene rings is 1. The highest BCUT2D eigenvalue weighted by atomic mass is 15.3. The summed E-state index contributed by atoms with van der Waals surface area (Å²) in [7, 11) is 3.79. The van der Waals surface area contributed by atoms with Crippen LogP contribution in [0, 0.1) is 6.92 Å². The molecule has 92 valence electrons. The van der Waals surface area contributed by atoms with E-state index in [1.807, 2.05) is 31.8 Å². The molecule has 0 fully saturated rings. The lowest BCUT2D eigenvalue weighted by Gasteiger charge is -1.99. The molecule has 2 N–H and O–H groups in total.